The van der Waals surface area contributed by atoms with E-state index in [4.69, 9.17) is 29.4 Å². The van der Waals surface area contributed by atoms with E-state index in [-0.39, 0.29) is 155 Å². The first-order valence-corrected chi connectivity index (χ1v) is 29.7. The van der Waals surface area contributed by atoms with Gasteiger partial charge in [0.2, 0.25) is 0 Å². The van der Waals surface area contributed by atoms with E-state index in [0.717, 1.165) is 25.7 Å². The summed E-state index contributed by atoms with van der Waals surface area (Å²) < 4.78 is 26.0. The second-order valence-corrected chi connectivity index (χ2v) is 16.7. The zero-order valence-corrected chi connectivity index (χ0v) is 62.0. The first-order chi connectivity index (χ1) is 39.9. The van der Waals surface area contributed by atoms with Crippen molar-refractivity contribution in [1.82, 2.24) is 10.6 Å². The number of nitrogens with one attached hydrogen (secondary N) is 2. The Labute approximate surface area is 635 Å². The van der Waals surface area contributed by atoms with Gasteiger partial charge in [-0.3, -0.25) is 53.9 Å². The molecule has 26 heteroatoms. The average Bonchev–Trinajstić information content (AvgIpc) is 3.54. The van der Waals surface area contributed by atoms with Crippen LogP contribution in [-0.4, -0.2) is 156 Å². The molecule has 23 nitrogen and oxygen atoms in total. The Bertz CT molecular complexity index is 1450. The number of Topliss-reactive ketones (excluding diaryl/α,β-unsaturated/α-hetero) is 5. The molecule has 0 unspecified atom stereocenters. The number of methoxy groups -OCH3 is 6. The van der Waals surface area contributed by atoms with Gasteiger partial charge in [-0.1, -0.05) is 238 Å². The molecule has 0 aromatic heterocycles. The minimum Gasteiger partial charge on any atom is -0.490 e. The molecular weight excluding hydrogens is 1330 g/mol. The van der Waals surface area contributed by atoms with Crippen molar-refractivity contribution in [3.63, 3.8) is 0 Å². The molecule has 620 valence electrons. The van der Waals surface area contributed by atoms with Crippen LogP contribution in [0.25, 0.3) is 0 Å². The van der Waals surface area contributed by atoms with E-state index < -0.39 is 0 Å². The van der Waals surface area contributed by atoms with Gasteiger partial charge in [-0.25, -0.2) is 0 Å². The normalized spacial score (nSPS) is 7.43. The SMILES string of the molecule is C.C.C.C.C.C.C.C.C.C.C.C.C.CCC(=O)C(C)=O.CCC(=O)CC.CCC(=O)OC.CCC(=O)OC.CCC(=S)CC.CCC(=S)OC.CCC(=S)OC.CCC(C)=O.CCC(C)=O.CCCC.CCCC.CN=C(N)NC.CN=C(N)NC(N)=NC.COC(C)=O.COC(C)=O. The molecular formula is C73H180N8O15S3. The lowest BCUT2D eigenvalue weighted by Crippen LogP contribution is -2.41. The van der Waals surface area contributed by atoms with E-state index in [1.807, 2.05) is 41.5 Å². The van der Waals surface area contributed by atoms with Crippen LogP contribution in [0.4, 0.5) is 0 Å². The lowest BCUT2D eigenvalue weighted by atomic mass is 10.2. The van der Waals surface area contributed by atoms with E-state index in [1.54, 1.807) is 77.0 Å². The Morgan fingerprint density at radius 1 is 0.333 bits per heavy atom. The van der Waals surface area contributed by atoms with Gasteiger partial charge >= 0.3 is 23.9 Å². The van der Waals surface area contributed by atoms with Gasteiger partial charge in [0.15, 0.2) is 39.5 Å². The molecule has 0 saturated heterocycles. The number of unbranched alkanes of at least 4 members (excludes halogenated alkanes) is 2. The van der Waals surface area contributed by atoms with Crippen LogP contribution in [0.3, 0.4) is 0 Å². The highest BCUT2D eigenvalue weighted by molar-refractivity contribution is 7.80. The van der Waals surface area contributed by atoms with Crippen molar-refractivity contribution in [2.45, 2.75) is 331 Å². The third kappa shape index (κ3) is 352. The van der Waals surface area contributed by atoms with Crippen LogP contribution in [-0.2, 0) is 71.6 Å². The van der Waals surface area contributed by atoms with Gasteiger partial charge in [0, 0.05) is 107 Å². The number of aliphatic imine (C=N–C) groups is 3. The second-order valence-electron chi connectivity index (χ2n) is 15.2. The zero-order valence-electron chi connectivity index (χ0n) is 59.5. The van der Waals surface area contributed by atoms with Gasteiger partial charge in [0.1, 0.15) is 17.3 Å². The first kappa shape index (κ1) is 186. The number of rotatable bonds is 14. The number of ether oxygens (including phenoxy) is 6. The van der Waals surface area contributed by atoms with Crippen molar-refractivity contribution in [2.24, 2.45) is 32.2 Å². The number of esters is 4. The summed E-state index contributed by atoms with van der Waals surface area (Å²) in [4.78, 5) is 101. The van der Waals surface area contributed by atoms with Crippen molar-refractivity contribution in [3.8, 4) is 0 Å². The Balaban J connectivity index is -0.0000000209. The lowest BCUT2D eigenvalue weighted by Gasteiger charge is -2.00. The number of hydrogen-bond donors (Lipinski definition) is 5. The second kappa shape index (κ2) is 180. The van der Waals surface area contributed by atoms with Gasteiger partial charge < -0.3 is 60.5 Å². The van der Waals surface area contributed by atoms with Crippen LogP contribution < -0.4 is 27.8 Å². The summed E-state index contributed by atoms with van der Waals surface area (Å²) in [6, 6.07) is 0. The largest absolute Gasteiger partial charge is 0.490 e. The predicted octanol–water partition coefficient (Wildman–Crippen LogP) is 19.8. The van der Waals surface area contributed by atoms with Crippen molar-refractivity contribution in [3.05, 3.63) is 0 Å². The monoisotopic (exact) mass is 1510 g/mol. The molecule has 0 amide bonds. The predicted molar refractivity (Wildman–Crippen MR) is 460 cm³/mol. The molecule has 0 bridgehead atoms. The van der Waals surface area contributed by atoms with E-state index in [9.17, 15) is 43.2 Å². The highest BCUT2D eigenvalue weighted by Crippen LogP contribution is 1.88. The molecule has 0 aliphatic carbocycles. The van der Waals surface area contributed by atoms with Gasteiger partial charge in [0.25, 0.3) is 0 Å². The van der Waals surface area contributed by atoms with Gasteiger partial charge in [0.05, 0.1) is 42.7 Å². The number of nitrogens with zero attached hydrogens (tertiary/aromatic N) is 3. The summed E-state index contributed by atoms with van der Waals surface area (Å²) in [5.41, 5.74) is 15.6. The quantitative estimate of drug-likeness (QED) is 0.0269. The number of guanidine groups is 3. The summed E-state index contributed by atoms with van der Waals surface area (Å²) in [5, 5.41) is 6.53. The molecule has 0 atom stereocenters. The minimum atomic E-state index is -0.345. The molecule has 0 spiro atoms. The van der Waals surface area contributed by atoms with Gasteiger partial charge in [-0.15, -0.1) is 0 Å². The van der Waals surface area contributed by atoms with E-state index in [1.165, 1.54) is 79.8 Å². The Morgan fingerprint density at radius 2 is 0.545 bits per heavy atom. The van der Waals surface area contributed by atoms with Crippen molar-refractivity contribution >= 4 is 122 Å². The van der Waals surface area contributed by atoms with Crippen molar-refractivity contribution in [1.29, 1.82) is 0 Å². The number of hydrogen-bond acceptors (Lipinski definition) is 21. The third-order valence-electron chi connectivity index (χ3n) is 8.16. The van der Waals surface area contributed by atoms with Crippen LogP contribution in [0.2, 0.25) is 0 Å². The maximum atomic E-state index is 10.2. The molecule has 0 radical (unpaired) electrons. The molecule has 99 heavy (non-hydrogen) atoms. The molecule has 0 aromatic rings. The smallest absolute Gasteiger partial charge is 0.305 e. The number of carbonyl (C=O) groups is 9. The summed E-state index contributed by atoms with van der Waals surface area (Å²) in [6.07, 6.45) is 13.1. The van der Waals surface area contributed by atoms with Crippen LogP contribution in [0.1, 0.15) is 331 Å². The maximum absolute atomic E-state index is 10.2. The molecule has 0 rings (SSSR count). The fourth-order valence-electron chi connectivity index (χ4n) is 1.68. The standard InChI is InChI=1S/C5H8O2.C5H10O.C5H10S.C4H11N5.2C4H8O2.2C4H8OS.2C4H8O.2C4H10.C3H9N3.2C3H6O2.13CH4/c1-3-5(7)4(2)6;2*1-3-5(6)4-2;1-7-3(5)9-4(6)8-2;2*1-3-4(5)6-2;2*1-3-4(6)5-2;2*1-3-4(2)5;2*1-3-4-2;1-5-3(4)6-2;2*1-3(4)5-2;;;;;;;;;;;;;/h3H2,1-2H3;2*3-4H2,1-2H3;1-2H3,(H5,5,6,7,8,9);4*3H2,1-2H3;2*3H2,1-2H3;2*3-4H2,1-2H3;1-2H3,(H3,4,5,6);2*1-2H3;13*1H4. The maximum Gasteiger partial charge on any atom is 0.305 e. The summed E-state index contributed by atoms with van der Waals surface area (Å²) in [7, 11) is 15.1. The zero-order chi connectivity index (χ0) is 72.0. The molecule has 0 fully saturated rings. The summed E-state index contributed by atoms with van der Waals surface area (Å²) >= 11 is 14.1. The molecule has 0 saturated carbocycles. The highest BCUT2D eigenvalue weighted by atomic mass is 32.1. The summed E-state index contributed by atoms with van der Waals surface area (Å²) in [5.74, 6) is 0.402. The minimum absolute atomic E-state index is 0. The van der Waals surface area contributed by atoms with E-state index in [0.29, 0.717) is 66.8 Å². The van der Waals surface area contributed by atoms with Crippen LogP contribution in [0, 0.1) is 0 Å². The fraction of sp³-hybridized carbons (Fsp3) is 0.795. The first-order valence-electron chi connectivity index (χ1n) is 28.5. The Kier molecular flexibility index (Phi) is 339. The number of thiocarbonyl (C=S) groups is 3. The Morgan fingerprint density at radius 3 is 0.566 bits per heavy atom. The molecule has 8 N–H and O–H groups in total. The highest BCUT2D eigenvalue weighted by Gasteiger charge is 2.01. The Hall–Kier alpha value is -5.89. The molecule has 0 aromatic carbocycles. The van der Waals surface area contributed by atoms with Gasteiger partial charge in [-0.2, -0.15) is 0 Å². The average molecular weight is 1510 g/mol. The number of carbonyl (C=O) groups excluding carboxylic acids is 9. The van der Waals surface area contributed by atoms with Crippen molar-refractivity contribution < 1.29 is 71.6 Å². The summed E-state index contributed by atoms with van der Waals surface area (Å²) in [6.45, 7) is 36.6. The topological polar surface area (TPSA) is 348 Å². The van der Waals surface area contributed by atoms with Crippen LogP contribution >= 0.6 is 36.7 Å². The van der Waals surface area contributed by atoms with Crippen LogP contribution in [0.5, 0.6) is 0 Å². The molecule has 0 aliphatic rings. The molecule has 0 heterocycles. The van der Waals surface area contributed by atoms with E-state index >= 15 is 0 Å². The molecule has 0 aliphatic heterocycles. The van der Waals surface area contributed by atoms with E-state index in [2.05, 4.69) is 120 Å². The lowest BCUT2D eigenvalue weighted by molar-refractivity contribution is -0.141. The van der Waals surface area contributed by atoms with Gasteiger partial charge in [-0.05, 0) is 56.0 Å². The number of ketones is 5. The van der Waals surface area contributed by atoms with Crippen molar-refractivity contribution in [2.75, 3.05) is 70.8 Å². The third-order valence-corrected chi connectivity index (χ3v) is 9.65. The van der Waals surface area contributed by atoms with Crippen LogP contribution in [0.15, 0.2) is 15.0 Å². The number of nitrogens with two attached hydrogens (primary N) is 3. The fourth-order valence-corrected chi connectivity index (χ4v) is 1.68.